The maximum Gasteiger partial charge on any atom is 0.265 e. The molecule has 2 aromatic carbocycles. The first kappa shape index (κ1) is 16.9. The monoisotopic (exact) mass is 356 g/mol. The van der Waals surface area contributed by atoms with Gasteiger partial charge in [0.25, 0.3) is 10.0 Å². The predicted octanol–water partition coefficient (Wildman–Crippen LogP) is 2.94. The third-order valence-electron chi connectivity index (χ3n) is 3.98. The minimum absolute atomic E-state index is 0.129. The molecule has 1 aliphatic heterocycles. The van der Waals surface area contributed by atoms with Crippen LogP contribution < -0.4 is 9.47 Å². The summed E-state index contributed by atoms with van der Waals surface area (Å²) in [4.78, 5) is 0.129. The van der Waals surface area contributed by atoms with E-state index in [4.69, 9.17) is 9.47 Å². The van der Waals surface area contributed by atoms with Gasteiger partial charge in [0.2, 0.25) is 0 Å². The molecule has 1 atom stereocenters. The second kappa shape index (κ2) is 6.49. The summed E-state index contributed by atoms with van der Waals surface area (Å²) in [5, 5.41) is 9.65. The number of nitrogens with zero attached hydrogens (tertiary/aromatic N) is 2. The van der Waals surface area contributed by atoms with Gasteiger partial charge in [-0.15, -0.1) is 0 Å². The van der Waals surface area contributed by atoms with E-state index in [9.17, 15) is 13.7 Å². The van der Waals surface area contributed by atoms with Crippen molar-refractivity contribution in [2.24, 2.45) is 0 Å². The van der Waals surface area contributed by atoms with E-state index >= 15 is 0 Å². The van der Waals surface area contributed by atoms with E-state index in [1.807, 2.05) is 0 Å². The molecule has 0 fully saturated rings. The average Bonchev–Trinajstić information content (AvgIpc) is 2.66. The molecule has 6 nitrogen and oxygen atoms in total. The van der Waals surface area contributed by atoms with E-state index in [2.05, 4.69) is 6.07 Å². The lowest BCUT2D eigenvalue weighted by Crippen LogP contribution is -2.31. The van der Waals surface area contributed by atoms with Gasteiger partial charge in [-0.05, 0) is 35.9 Å². The number of methoxy groups -OCH3 is 2. The van der Waals surface area contributed by atoms with E-state index in [-0.39, 0.29) is 4.90 Å². The van der Waals surface area contributed by atoms with Crippen molar-refractivity contribution in [2.45, 2.75) is 10.9 Å². The summed E-state index contributed by atoms with van der Waals surface area (Å²) in [5.41, 5.74) is 1.26. The van der Waals surface area contributed by atoms with Crippen LogP contribution in [0.4, 0.5) is 0 Å². The van der Waals surface area contributed by atoms with E-state index in [0.717, 1.165) is 4.31 Å². The highest BCUT2D eigenvalue weighted by molar-refractivity contribution is 7.89. The van der Waals surface area contributed by atoms with Crippen LogP contribution in [0.2, 0.25) is 0 Å². The lowest BCUT2D eigenvalue weighted by Gasteiger charge is -2.30. The van der Waals surface area contributed by atoms with Crippen LogP contribution in [0.5, 0.6) is 11.5 Å². The number of nitriles is 1. The molecule has 3 rings (SSSR count). The number of benzene rings is 2. The van der Waals surface area contributed by atoms with Gasteiger partial charge in [0.1, 0.15) is 0 Å². The van der Waals surface area contributed by atoms with Gasteiger partial charge < -0.3 is 9.47 Å². The van der Waals surface area contributed by atoms with Crippen molar-refractivity contribution in [1.29, 1.82) is 5.26 Å². The van der Waals surface area contributed by atoms with Gasteiger partial charge in [-0.25, -0.2) is 8.42 Å². The van der Waals surface area contributed by atoms with Crippen molar-refractivity contribution in [3.63, 3.8) is 0 Å². The number of hydrogen-bond acceptors (Lipinski definition) is 5. The molecule has 0 radical (unpaired) electrons. The van der Waals surface area contributed by atoms with Crippen LogP contribution in [-0.2, 0) is 10.0 Å². The highest BCUT2D eigenvalue weighted by Crippen LogP contribution is 2.40. The quantitative estimate of drug-likeness (QED) is 0.841. The summed E-state index contributed by atoms with van der Waals surface area (Å²) in [6.07, 6.45) is 3.05. The number of sulfonamides is 1. The molecule has 1 unspecified atom stereocenters. The van der Waals surface area contributed by atoms with Crippen molar-refractivity contribution in [3.8, 4) is 17.6 Å². The first-order valence-corrected chi connectivity index (χ1v) is 8.89. The van der Waals surface area contributed by atoms with Crippen LogP contribution in [0.1, 0.15) is 17.2 Å². The van der Waals surface area contributed by atoms with E-state index < -0.39 is 16.1 Å². The van der Waals surface area contributed by atoms with Crippen LogP contribution in [0.3, 0.4) is 0 Å². The Morgan fingerprint density at radius 2 is 1.72 bits per heavy atom. The fraction of sp³-hybridized carbons (Fsp3) is 0.167. The van der Waals surface area contributed by atoms with Crippen LogP contribution >= 0.6 is 0 Å². The molecule has 2 aromatic rings. The Kier molecular flexibility index (Phi) is 4.38. The molecular formula is C18H16N2O4S. The van der Waals surface area contributed by atoms with Crippen LogP contribution in [0, 0.1) is 11.3 Å². The van der Waals surface area contributed by atoms with Crippen molar-refractivity contribution in [2.75, 3.05) is 14.2 Å². The molecule has 0 spiro atoms. The molecule has 0 saturated heterocycles. The summed E-state index contributed by atoms with van der Waals surface area (Å²) in [7, 11) is -0.842. The van der Waals surface area contributed by atoms with Crippen molar-refractivity contribution in [1.82, 2.24) is 4.31 Å². The Balaban J connectivity index is 2.12. The standard InChI is InChI=1S/C18H16N2O4S/c1-23-17-10-13-8-9-20(16(12-19)15(13)11-18(17)24-2)25(21,22)14-6-4-3-5-7-14/h3-11,16H,1-2H3. The van der Waals surface area contributed by atoms with Gasteiger partial charge in [-0.3, -0.25) is 4.31 Å². The molecule has 7 heteroatoms. The van der Waals surface area contributed by atoms with E-state index in [0.29, 0.717) is 22.6 Å². The zero-order chi connectivity index (χ0) is 18.0. The minimum Gasteiger partial charge on any atom is -0.493 e. The maximum atomic E-state index is 12.9. The Morgan fingerprint density at radius 1 is 1.08 bits per heavy atom. The SMILES string of the molecule is COc1cc2c(cc1OC)C(C#N)N(S(=O)(=O)c1ccccc1)C=C2. The van der Waals surface area contributed by atoms with Crippen molar-refractivity contribution < 1.29 is 17.9 Å². The number of ether oxygens (including phenoxy) is 2. The number of hydrogen-bond donors (Lipinski definition) is 0. The average molecular weight is 356 g/mol. The molecule has 25 heavy (non-hydrogen) atoms. The maximum absolute atomic E-state index is 12.9. The zero-order valence-electron chi connectivity index (χ0n) is 13.7. The normalized spacial score (nSPS) is 16.0. The Bertz CT molecular complexity index is 963. The highest BCUT2D eigenvalue weighted by Gasteiger charge is 2.34. The highest BCUT2D eigenvalue weighted by atomic mass is 32.2. The van der Waals surface area contributed by atoms with Gasteiger partial charge in [0.05, 0.1) is 25.2 Å². The molecule has 0 saturated carbocycles. The van der Waals surface area contributed by atoms with Crippen molar-refractivity contribution in [3.05, 3.63) is 59.8 Å². The molecule has 1 heterocycles. The second-order valence-electron chi connectivity index (χ2n) is 5.33. The van der Waals surface area contributed by atoms with Crippen molar-refractivity contribution >= 4 is 16.1 Å². The molecular weight excluding hydrogens is 340 g/mol. The third-order valence-corrected chi connectivity index (χ3v) is 5.74. The largest absolute Gasteiger partial charge is 0.493 e. The molecule has 1 aliphatic rings. The fourth-order valence-corrected chi connectivity index (χ4v) is 4.13. The summed E-state index contributed by atoms with van der Waals surface area (Å²) in [6.45, 7) is 0. The first-order valence-electron chi connectivity index (χ1n) is 7.45. The zero-order valence-corrected chi connectivity index (χ0v) is 14.5. The van der Waals surface area contributed by atoms with E-state index in [1.165, 1.54) is 32.6 Å². The molecule has 0 aliphatic carbocycles. The van der Waals surface area contributed by atoms with Crippen LogP contribution in [0.25, 0.3) is 6.08 Å². The molecule has 0 bridgehead atoms. The van der Waals surface area contributed by atoms with E-state index in [1.54, 1.807) is 36.4 Å². The number of fused-ring (bicyclic) bond motifs is 1. The summed E-state index contributed by atoms with van der Waals surface area (Å²) in [5.74, 6) is 0.954. The predicted molar refractivity (Wildman–Crippen MR) is 92.4 cm³/mol. The minimum atomic E-state index is -3.85. The van der Waals surface area contributed by atoms with Gasteiger partial charge >= 0.3 is 0 Å². The van der Waals surface area contributed by atoms with Gasteiger partial charge in [-0.2, -0.15) is 5.26 Å². The van der Waals surface area contributed by atoms with Gasteiger partial charge in [0.15, 0.2) is 17.5 Å². The Labute approximate surface area is 146 Å². The topological polar surface area (TPSA) is 79.6 Å². The third kappa shape index (κ3) is 2.81. The van der Waals surface area contributed by atoms with Gasteiger partial charge in [-0.1, -0.05) is 18.2 Å². The Morgan fingerprint density at radius 3 is 2.32 bits per heavy atom. The molecule has 128 valence electrons. The van der Waals surface area contributed by atoms with Gasteiger partial charge in [0, 0.05) is 11.8 Å². The smallest absolute Gasteiger partial charge is 0.265 e. The molecule has 0 N–H and O–H groups in total. The Hall–Kier alpha value is -2.98. The fourth-order valence-electron chi connectivity index (χ4n) is 2.73. The van der Waals surface area contributed by atoms with Crippen LogP contribution in [0.15, 0.2) is 53.6 Å². The number of rotatable bonds is 4. The second-order valence-corrected chi connectivity index (χ2v) is 7.17. The molecule has 0 aromatic heterocycles. The summed E-state index contributed by atoms with van der Waals surface area (Å²) >= 11 is 0. The molecule has 0 amide bonds. The first-order chi connectivity index (χ1) is 12.0. The lowest BCUT2D eigenvalue weighted by atomic mass is 9.97. The summed E-state index contributed by atoms with van der Waals surface area (Å²) < 4.78 is 37.4. The summed E-state index contributed by atoms with van der Waals surface area (Å²) in [6, 6.07) is 12.5. The lowest BCUT2D eigenvalue weighted by molar-refractivity contribution is 0.353. The van der Waals surface area contributed by atoms with Crippen LogP contribution in [-0.4, -0.2) is 26.9 Å².